The molecule has 122 valence electrons. The molecule has 2 rings (SSSR count). The first-order valence-corrected chi connectivity index (χ1v) is 7.71. The van der Waals surface area contributed by atoms with Gasteiger partial charge in [-0.3, -0.25) is 0 Å². The topological polar surface area (TPSA) is 47.6 Å². The summed E-state index contributed by atoms with van der Waals surface area (Å²) in [5.74, 6) is 0.405. The minimum Gasteiger partial charge on any atom is -0.492 e. The van der Waals surface area contributed by atoms with Gasteiger partial charge in [0.25, 0.3) is 0 Å². The lowest BCUT2D eigenvalue weighted by molar-refractivity contribution is 0.0602. The Bertz CT molecular complexity index is 680. The van der Waals surface area contributed by atoms with Crippen molar-refractivity contribution in [1.29, 1.82) is 0 Å². The summed E-state index contributed by atoms with van der Waals surface area (Å²) in [6, 6.07) is 11.2. The third kappa shape index (κ3) is 4.63. The van der Waals surface area contributed by atoms with Gasteiger partial charge in [0.15, 0.2) is 0 Å². The van der Waals surface area contributed by atoms with Gasteiger partial charge in [-0.15, -0.1) is 0 Å². The van der Waals surface area contributed by atoms with Crippen molar-refractivity contribution in [2.24, 2.45) is 0 Å². The number of hydrogen-bond acceptors (Lipinski definition) is 4. The number of anilines is 1. The average molecular weight is 334 g/mol. The van der Waals surface area contributed by atoms with E-state index >= 15 is 0 Å². The number of aryl methyl sites for hydroxylation is 2. The zero-order valence-corrected chi connectivity index (χ0v) is 14.2. The quantitative estimate of drug-likeness (QED) is 0.634. The van der Waals surface area contributed by atoms with Gasteiger partial charge < -0.3 is 14.8 Å². The molecule has 2 aromatic carbocycles. The highest BCUT2D eigenvalue weighted by Gasteiger charge is 2.14. The predicted molar refractivity (Wildman–Crippen MR) is 92.7 cm³/mol. The molecule has 0 aliphatic heterocycles. The predicted octanol–water partition coefficient (Wildman–Crippen LogP) is 4.23. The molecule has 0 radical (unpaired) electrons. The summed E-state index contributed by atoms with van der Waals surface area (Å²) in [6.45, 7) is 5.03. The van der Waals surface area contributed by atoms with Gasteiger partial charge in [-0.05, 0) is 49.2 Å². The molecule has 0 unspecified atom stereocenters. The van der Waals surface area contributed by atoms with Crippen molar-refractivity contribution in [3.63, 3.8) is 0 Å². The lowest BCUT2D eigenvalue weighted by Gasteiger charge is -2.13. The highest BCUT2D eigenvalue weighted by atomic mass is 35.5. The highest BCUT2D eigenvalue weighted by Crippen LogP contribution is 2.26. The van der Waals surface area contributed by atoms with Crippen LogP contribution < -0.4 is 10.1 Å². The summed E-state index contributed by atoms with van der Waals surface area (Å²) in [6.07, 6.45) is 0. The molecule has 4 nitrogen and oxygen atoms in total. The van der Waals surface area contributed by atoms with Gasteiger partial charge in [0.2, 0.25) is 0 Å². The molecule has 0 atom stereocenters. The van der Waals surface area contributed by atoms with Crippen molar-refractivity contribution >= 4 is 23.3 Å². The first-order chi connectivity index (χ1) is 11.0. The van der Waals surface area contributed by atoms with Crippen LogP contribution in [-0.2, 0) is 4.74 Å². The number of rotatable bonds is 6. The SMILES string of the molecule is COC(=O)c1cccc(Cl)c1NCCOc1cc(C)cc(C)c1. The number of carbonyl (C=O) groups excluding carboxylic acids is 1. The number of para-hydroxylation sites is 1. The summed E-state index contributed by atoms with van der Waals surface area (Å²) < 4.78 is 10.5. The molecular formula is C18H20ClNO3. The number of esters is 1. The van der Waals surface area contributed by atoms with Crippen molar-refractivity contribution in [3.05, 3.63) is 58.1 Å². The van der Waals surface area contributed by atoms with Crippen LogP contribution in [0.15, 0.2) is 36.4 Å². The van der Waals surface area contributed by atoms with E-state index in [-0.39, 0.29) is 0 Å². The second kappa shape index (κ2) is 7.88. The number of carbonyl (C=O) groups is 1. The fourth-order valence-electron chi connectivity index (χ4n) is 2.35. The molecular weight excluding hydrogens is 314 g/mol. The average Bonchev–Trinajstić information content (AvgIpc) is 2.51. The lowest BCUT2D eigenvalue weighted by Crippen LogP contribution is -2.15. The maximum Gasteiger partial charge on any atom is 0.340 e. The van der Waals surface area contributed by atoms with Crippen LogP contribution in [0.5, 0.6) is 5.75 Å². The van der Waals surface area contributed by atoms with Crippen LogP contribution in [0.1, 0.15) is 21.5 Å². The van der Waals surface area contributed by atoms with Crippen LogP contribution in [0.4, 0.5) is 5.69 Å². The number of benzene rings is 2. The zero-order chi connectivity index (χ0) is 16.8. The van der Waals surface area contributed by atoms with E-state index in [0.29, 0.717) is 29.4 Å². The van der Waals surface area contributed by atoms with Gasteiger partial charge in [0.05, 0.1) is 23.4 Å². The third-order valence-corrected chi connectivity index (χ3v) is 3.60. The normalized spacial score (nSPS) is 10.3. The third-order valence-electron chi connectivity index (χ3n) is 3.29. The molecule has 0 fully saturated rings. The molecule has 0 heterocycles. The maximum atomic E-state index is 11.8. The van der Waals surface area contributed by atoms with Gasteiger partial charge in [-0.1, -0.05) is 23.7 Å². The summed E-state index contributed by atoms with van der Waals surface area (Å²) >= 11 is 6.16. The second-order valence-corrected chi connectivity index (χ2v) is 5.66. The largest absolute Gasteiger partial charge is 0.492 e. The number of nitrogens with one attached hydrogen (secondary N) is 1. The standard InChI is InChI=1S/C18H20ClNO3/c1-12-9-13(2)11-14(10-12)23-8-7-20-17-15(18(21)22-3)5-4-6-16(17)19/h4-6,9-11,20H,7-8H2,1-3H3. The number of methoxy groups -OCH3 is 1. The number of halogens is 1. The molecule has 0 amide bonds. The van der Waals surface area contributed by atoms with E-state index in [2.05, 4.69) is 11.4 Å². The van der Waals surface area contributed by atoms with Crippen molar-refractivity contribution < 1.29 is 14.3 Å². The van der Waals surface area contributed by atoms with E-state index in [1.165, 1.54) is 7.11 Å². The Kier molecular flexibility index (Phi) is 5.88. The molecule has 2 aromatic rings. The Morgan fingerprint density at radius 3 is 2.52 bits per heavy atom. The summed E-state index contributed by atoms with van der Waals surface area (Å²) in [5, 5.41) is 3.61. The first-order valence-electron chi connectivity index (χ1n) is 7.33. The number of ether oxygens (including phenoxy) is 2. The van der Waals surface area contributed by atoms with Crippen LogP contribution in [0, 0.1) is 13.8 Å². The fourth-order valence-corrected chi connectivity index (χ4v) is 2.59. The van der Waals surface area contributed by atoms with Crippen molar-refractivity contribution in [2.45, 2.75) is 13.8 Å². The van der Waals surface area contributed by atoms with E-state index in [1.807, 2.05) is 26.0 Å². The van der Waals surface area contributed by atoms with Crippen LogP contribution in [0.25, 0.3) is 0 Å². The Morgan fingerprint density at radius 1 is 1.17 bits per heavy atom. The molecule has 23 heavy (non-hydrogen) atoms. The van der Waals surface area contributed by atoms with Crippen LogP contribution in [0.3, 0.4) is 0 Å². The van der Waals surface area contributed by atoms with Crippen LogP contribution in [0.2, 0.25) is 5.02 Å². The van der Waals surface area contributed by atoms with Crippen molar-refractivity contribution in [1.82, 2.24) is 0 Å². The van der Waals surface area contributed by atoms with E-state index < -0.39 is 5.97 Å². The second-order valence-electron chi connectivity index (χ2n) is 5.25. The molecule has 0 aliphatic carbocycles. The monoisotopic (exact) mass is 333 g/mol. The van der Waals surface area contributed by atoms with Gasteiger partial charge in [0.1, 0.15) is 12.4 Å². The number of hydrogen-bond donors (Lipinski definition) is 1. The Labute approximate surface area is 141 Å². The van der Waals surface area contributed by atoms with E-state index in [4.69, 9.17) is 21.1 Å². The zero-order valence-electron chi connectivity index (χ0n) is 13.5. The van der Waals surface area contributed by atoms with Gasteiger partial charge >= 0.3 is 5.97 Å². The molecule has 0 saturated carbocycles. The van der Waals surface area contributed by atoms with Gasteiger partial charge in [-0.25, -0.2) is 4.79 Å². The van der Waals surface area contributed by atoms with Crippen LogP contribution >= 0.6 is 11.6 Å². The lowest BCUT2D eigenvalue weighted by atomic mass is 10.1. The first kappa shape index (κ1) is 17.2. The van der Waals surface area contributed by atoms with Gasteiger partial charge in [0, 0.05) is 6.54 Å². The minimum atomic E-state index is -0.426. The molecule has 0 bridgehead atoms. The fraction of sp³-hybridized carbons (Fsp3) is 0.278. The Hall–Kier alpha value is -2.20. The summed E-state index contributed by atoms with van der Waals surface area (Å²) in [7, 11) is 1.34. The highest BCUT2D eigenvalue weighted by molar-refractivity contribution is 6.34. The Morgan fingerprint density at radius 2 is 1.87 bits per heavy atom. The van der Waals surface area contributed by atoms with E-state index in [0.717, 1.165) is 16.9 Å². The van der Waals surface area contributed by atoms with Crippen molar-refractivity contribution in [2.75, 3.05) is 25.6 Å². The molecule has 0 spiro atoms. The molecule has 0 aromatic heterocycles. The summed E-state index contributed by atoms with van der Waals surface area (Å²) in [4.78, 5) is 11.8. The molecule has 0 aliphatic rings. The maximum absolute atomic E-state index is 11.8. The van der Waals surface area contributed by atoms with Crippen LogP contribution in [-0.4, -0.2) is 26.2 Å². The minimum absolute atomic E-state index is 0.409. The Balaban J connectivity index is 1.97. The summed E-state index contributed by atoms with van der Waals surface area (Å²) in [5.41, 5.74) is 3.29. The van der Waals surface area contributed by atoms with Gasteiger partial charge in [-0.2, -0.15) is 0 Å². The van der Waals surface area contributed by atoms with E-state index in [9.17, 15) is 4.79 Å². The molecule has 5 heteroatoms. The smallest absolute Gasteiger partial charge is 0.340 e. The van der Waals surface area contributed by atoms with E-state index in [1.54, 1.807) is 18.2 Å². The molecule has 1 N–H and O–H groups in total. The van der Waals surface area contributed by atoms with Crippen molar-refractivity contribution in [3.8, 4) is 5.75 Å². The molecule has 0 saturated heterocycles.